The molecule has 0 saturated heterocycles. The molecule has 4 nitrogen and oxygen atoms in total. The van der Waals surface area contributed by atoms with Gasteiger partial charge in [0, 0.05) is 65.6 Å². The van der Waals surface area contributed by atoms with E-state index in [0.29, 0.717) is 11.8 Å². The summed E-state index contributed by atoms with van der Waals surface area (Å²) in [7, 11) is 0. The van der Waals surface area contributed by atoms with Gasteiger partial charge in [-0.15, -0.1) is 0 Å². The predicted octanol–water partition coefficient (Wildman–Crippen LogP) is 22.2. The van der Waals surface area contributed by atoms with Gasteiger partial charge >= 0.3 is 0 Å². The third-order valence-electron chi connectivity index (χ3n) is 19.6. The molecule has 14 aromatic rings. The van der Waals surface area contributed by atoms with Crippen LogP contribution in [-0.4, -0.2) is 8.80 Å². The van der Waals surface area contributed by atoms with E-state index in [1.807, 2.05) is 0 Å². The number of hydrogen-bond acceptors (Lipinski definition) is 2. The van der Waals surface area contributed by atoms with Crippen LogP contribution < -0.4 is 9.80 Å². The number of para-hydroxylation sites is 6. The van der Waals surface area contributed by atoms with Crippen molar-refractivity contribution < 1.29 is 0 Å². The minimum atomic E-state index is 0.635. The number of nitrogens with zero attached hydrogens (tertiary/aromatic N) is 4. The highest BCUT2D eigenvalue weighted by Gasteiger charge is 2.30. The smallest absolute Gasteiger partial charge is 0.0641 e. The monoisotopic (exact) mass is 1060 g/mol. The van der Waals surface area contributed by atoms with Crippen LogP contribution in [0.3, 0.4) is 0 Å². The quantitative estimate of drug-likeness (QED) is 0.136. The fourth-order valence-corrected chi connectivity index (χ4v) is 15.8. The Morgan fingerprint density at radius 2 is 0.854 bits per heavy atom. The lowest BCUT2D eigenvalue weighted by atomic mass is 9.76. The van der Waals surface area contributed by atoms with Crippen LogP contribution in [0.25, 0.3) is 92.9 Å². The molecule has 2 fully saturated rings. The van der Waals surface area contributed by atoms with Gasteiger partial charge in [-0.25, -0.2) is 0 Å². The average molecular weight is 1060 g/mol. The molecule has 0 amide bonds. The van der Waals surface area contributed by atoms with Crippen molar-refractivity contribution >= 4 is 116 Å². The molecule has 1 atom stereocenters. The number of allylic oxidation sites excluding steroid dienone is 4. The lowest BCUT2D eigenvalue weighted by Gasteiger charge is -2.31. The van der Waals surface area contributed by atoms with Crippen molar-refractivity contribution in [1.82, 2.24) is 8.80 Å². The third kappa shape index (κ3) is 7.36. The number of hydrogen-bond donors (Lipinski definition) is 0. The summed E-state index contributed by atoms with van der Waals surface area (Å²) in [4.78, 5) is 5.06. The molecule has 10 aromatic carbocycles. The largest absolute Gasteiger partial charge is 0.309 e. The van der Waals surface area contributed by atoms with E-state index in [9.17, 15) is 0 Å². The molecule has 3 aliphatic carbocycles. The van der Waals surface area contributed by atoms with Crippen LogP contribution in [0.15, 0.2) is 237 Å². The molecular weight excluding hydrogens is 993 g/mol. The Morgan fingerprint density at radius 1 is 0.366 bits per heavy atom. The Hall–Kier alpha value is -9.12. The summed E-state index contributed by atoms with van der Waals surface area (Å²) in [6.07, 6.45) is 22.1. The summed E-state index contributed by atoms with van der Waals surface area (Å²) in [5.41, 5.74) is 21.0. The highest BCUT2D eigenvalue weighted by Crippen LogP contribution is 2.53. The van der Waals surface area contributed by atoms with E-state index < -0.39 is 0 Å². The first kappa shape index (κ1) is 47.7. The standard InChI is InChI=1S/C78H64N4/c1-5-21-51(22-6-1)53-37-41-55(42-38-53)59-29-13-17-33-67(59)79(57-25-9-3-10-26-57)71-47-45-61-65-49-74-66(50-73(65)81-69-35-19-15-31-63(69)75(71)77(61)81)62-46-48-72(76-64-32-16-20-36-70(64)82(74)78(62)76)80(58-27-11-4-12-28-58)68-34-18-14-30-60(68)56-43-39-54(40-44-56)52-23-7-2-8-24-52/h3-4,9-20,25-39,41-52,54H,1-2,5-8,21-24,40H2. The second-order valence-electron chi connectivity index (χ2n) is 24.0. The second-order valence-corrected chi connectivity index (χ2v) is 24.0. The topological polar surface area (TPSA) is 15.3 Å². The molecule has 0 bridgehead atoms. The van der Waals surface area contributed by atoms with Gasteiger partial charge in [0.2, 0.25) is 0 Å². The van der Waals surface area contributed by atoms with E-state index in [1.54, 1.807) is 0 Å². The molecule has 1 unspecified atom stereocenters. The number of benzene rings is 10. The molecule has 0 aliphatic heterocycles. The molecule has 0 N–H and O–H groups in total. The normalized spacial score (nSPS) is 16.5. The van der Waals surface area contributed by atoms with Gasteiger partial charge in [-0.1, -0.05) is 202 Å². The molecule has 0 radical (unpaired) electrons. The summed E-state index contributed by atoms with van der Waals surface area (Å²) in [6.45, 7) is 0. The zero-order valence-corrected chi connectivity index (χ0v) is 46.3. The first-order valence-electron chi connectivity index (χ1n) is 30.4. The van der Waals surface area contributed by atoms with E-state index >= 15 is 0 Å². The fraction of sp³-hybridized carbons (Fsp3) is 0.179. The Bertz CT molecular complexity index is 4800. The SMILES string of the molecule is C1=CC(C2CCCCC2)CC=C1c1ccccc1N(c1ccccc1)c1ccc2c3cc4c(cc3n3c5ccccc5c1c23)c1ccc(N(c2ccccc2)c2ccccc2-c2ccc(C3CCCCC3)cc2)c2c3ccccc3n4c12. The molecule has 4 heterocycles. The lowest BCUT2D eigenvalue weighted by molar-refractivity contribution is 0.286. The molecule has 82 heavy (non-hydrogen) atoms. The van der Waals surface area contributed by atoms with Gasteiger partial charge in [-0.2, -0.15) is 0 Å². The first-order valence-corrected chi connectivity index (χ1v) is 30.4. The maximum atomic E-state index is 2.58. The van der Waals surface area contributed by atoms with Gasteiger partial charge in [0.1, 0.15) is 0 Å². The van der Waals surface area contributed by atoms with Crippen molar-refractivity contribution in [2.75, 3.05) is 9.80 Å². The van der Waals surface area contributed by atoms with Crippen molar-refractivity contribution in [2.24, 2.45) is 11.8 Å². The molecule has 4 aromatic heterocycles. The molecular formula is C78H64N4. The predicted molar refractivity (Wildman–Crippen MR) is 348 cm³/mol. The summed E-state index contributed by atoms with van der Waals surface area (Å²) >= 11 is 0. The highest BCUT2D eigenvalue weighted by molar-refractivity contribution is 6.32. The number of aromatic nitrogens is 2. The van der Waals surface area contributed by atoms with Crippen LogP contribution in [0.1, 0.15) is 87.7 Å². The van der Waals surface area contributed by atoms with E-state index in [1.165, 1.54) is 191 Å². The summed E-state index contributed by atoms with van der Waals surface area (Å²) in [5, 5.41) is 10.1. The molecule has 4 heteroatoms. The van der Waals surface area contributed by atoms with Gasteiger partial charge in [0.25, 0.3) is 0 Å². The van der Waals surface area contributed by atoms with Crippen LogP contribution in [-0.2, 0) is 0 Å². The van der Waals surface area contributed by atoms with E-state index in [4.69, 9.17) is 0 Å². The van der Waals surface area contributed by atoms with Gasteiger partial charge in [-0.05, 0) is 139 Å². The highest BCUT2D eigenvalue weighted by atomic mass is 15.2. The zero-order chi connectivity index (χ0) is 53.8. The van der Waals surface area contributed by atoms with Gasteiger partial charge in [0.15, 0.2) is 0 Å². The molecule has 2 saturated carbocycles. The van der Waals surface area contributed by atoms with Crippen molar-refractivity contribution in [3.8, 4) is 11.1 Å². The van der Waals surface area contributed by atoms with Crippen LogP contribution >= 0.6 is 0 Å². The maximum absolute atomic E-state index is 2.58. The molecule has 396 valence electrons. The molecule has 0 spiro atoms. The van der Waals surface area contributed by atoms with Gasteiger partial charge in [-0.3, -0.25) is 0 Å². The van der Waals surface area contributed by atoms with Crippen molar-refractivity contribution in [3.05, 3.63) is 248 Å². The average Bonchev–Trinajstić information content (AvgIpc) is 3.32. The van der Waals surface area contributed by atoms with E-state index in [0.717, 1.165) is 23.7 Å². The van der Waals surface area contributed by atoms with Gasteiger partial charge < -0.3 is 18.6 Å². The van der Waals surface area contributed by atoms with Crippen molar-refractivity contribution in [2.45, 2.75) is 76.5 Å². The van der Waals surface area contributed by atoms with E-state index in [-0.39, 0.29) is 0 Å². The van der Waals surface area contributed by atoms with Gasteiger partial charge in [0.05, 0.1) is 55.8 Å². The van der Waals surface area contributed by atoms with Crippen LogP contribution in [0.5, 0.6) is 0 Å². The third-order valence-corrected chi connectivity index (χ3v) is 19.6. The summed E-state index contributed by atoms with van der Waals surface area (Å²) in [6, 6.07) is 82.6. The zero-order valence-electron chi connectivity index (χ0n) is 46.3. The Morgan fingerprint density at radius 3 is 1.40 bits per heavy atom. The minimum absolute atomic E-state index is 0.635. The lowest BCUT2D eigenvalue weighted by Crippen LogP contribution is -2.17. The molecule has 17 rings (SSSR count). The minimum Gasteiger partial charge on any atom is -0.309 e. The fourth-order valence-electron chi connectivity index (χ4n) is 15.8. The first-order chi connectivity index (χ1) is 40.7. The maximum Gasteiger partial charge on any atom is 0.0641 e. The second kappa shape index (κ2) is 19.3. The van der Waals surface area contributed by atoms with Crippen LogP contribution in [0, 0.1) is 11.8 Å². The Kier molecular flexibility index (Phi) is 11.2. The van der Waals surface area contributed by atoms with E-state index in [2.05, 4.69) is 255 Å². The van der Waals surface area contributed by atoms with Crippen LogP contribution in [0.4, 0.5) is 34.1 Å². The number of fused-ring (bicyclic) bond motifs is 12. The Labute approximate surface area is 479 Å². The Balaban J connectivity index is 0.857. The van der Waals surface area contributed by atoms with Crippen molar-refractivity contribution in [1.29, 1.82) is 0 Å². The number of anilines is 6. The number of rotatable bonds is 10. The summed E-state index contributed by atoms with van der Waals surface area (Å²) < 4.78 is 5.16. The van der Waals surface area contributed by atoms with Crippen LogP contribution in [0.2, 0.25) is 0 Å². The van der Waals surface area contributed by atoms with Crippen molar-refractivity contribution in [3.63, 3.8) is 0 Å². The molecule has 3 aliphatic rings. The summed E-state index contributed by atoms with van der Waals surface area (Å²) in [5.74, 6) is 2.11.